The average Bonchev–Trinajstić information content (AvgIpc) is 2.86. The molecule has 0 saturated carbocycles. The van der Waals surface area contributed by atoms with Crippen LogP contribution < -0.4 is 5.32 Å². The van der Waals surface area contributed by atoms with Crippen molar-refractivity contribution >= 4 is 5.78 Å². The molecule has 0 amide bonds. The molecule has 2 nitrogen and oxygen atoms in total. The van der Waals surface area contributed by atoms with Gasteiger partial charge >= 0.3 is 0 Å². The van der Waals surface area contributed by atoms with Gasteiger partial charge in [-0.2, -0.15) is 0 Å². The Labute approximate surface area is 115 Å². The van der Waals surface area contributed by atoms with Crippen LogP contribution in [0.25, 0.3) is 0 Å². The van der Waals surface area contributed by atoms with Crippen LogP contribution in [0.1, 0.15) is 49.7 Å². The summed E-state index contributed by atoms with van der Waals surface area (Å²) in [7, 11) is 0. The highest BCUT2D eigenvalue weighted by molar-refractivity contribution is 5.86. The van der Waals surface area contributed by atoms with Crippen LogP contribution in [0.4, 0.5) is 0 Å². The molecule has 2 heteroatoms. The fourth-order valence-electron chi connectivity index (χ4n) is 3.80. The fourth-order valence-corrected chi connectivity index (χ4v) is 3.80. The normalized spacial score (nSPS) is 28.8. The molecule has 1 fully saturated rings. The van der Waals surface area contributed by atoms with E-state index in [1.807, 2.05) is 0 Å². The van der Waals surface area contributed by atoms with Crippen molar-refractivity contribution in [3.63, 3.8) is 0 Å². The number of nitrogens with one attached hydrogen (secondary N) is 1. The Kier molecular flexibility index (Phi) is 3.44. The predicted molar refractivity (Wildman–Crippen MR) is 77.3 cm³/mol. The highest BCUT2D eigenvalue weighted by atomic mass is 16.1. The molecule has 2 atom stereocenters. The first kappa shape index (κ1) is 12.9. The van der Waals surface area contributed by atoms with Crippen molar-refractivity contribution in [3.8, 4) is 0 Å². The molecule has 3 rings (SSSR count). The summed E-state index contributed by atoms with van der Waals surface area (Å²) in [6, 6.07) is 8.57. The fraction of sp³-hybridized carbons (Fsp3) is 0.588. The largest absolute Gasteiger partial charge is 0.316 e. The molecule has 0 aromatic heterocycles. The molecule has 0 radical (unpaired) electrons. The summed E-state index contributed by atoms with van der Waals surface area (Å²) in [5, 5.41) is 3.39. The van der Waals surface area contributed by atoms with E-state index in [1.54, 1.807) is 0 Å². The van der Waals surface area contributed by atoms with Crippen LogP contribution in [-0.2, 0) is 11.2 Å². The third kappa shape index (κ3) is 2.23. The Bertz CT molecular complexity index is 474. The van der Waals surface area contributed by atoms with Gasteiger partial charge in [-0.25, -0.2) is 0 Å². The maximum absolute atomic E-state index is 12.7. The zero-order valence-corrected chi connectivity index (χ0v) is 11.7. The number of Topliss-reactive ketones (excluding diaryl/α,β-unsaturated/α-hetero) is 1. The van der Waals surface area contributed by atoms with Gasteiger partial charge < -0.3 is 5.32 Å². The van der Waals surface area contributed by atoms with E-state index in [0.29, 0.717) is 11.7 Å². The monoisotopic (exact) mass is 257 g/mol. The van der Waals surface area contributed by atoms with Crippen molar-refractivity contribution in [2.45, 2.75) is 44.9 Å². The summed E-state index contributed by atoms with van der Waals surface area (Å²) in [5.74, 6) is 0.983. The van der Waals surface area contributed by atoms with Crippen LogP contribution in [0, 0.1) is 5.41 Å². The minimum absolute atomic E-state index is 0.0563. The smallest absolute Gasteiger partial charge is 0.140 e. The van der Waals surface area contributed by atoms with E-state index in [1.165, 1.54) is 11.1 Å². The number of hydrogen-bond donors (Lipinski definition) is 1. The molecular weight excluding hydrogens is 234 g/mol. The molecule has 1 aromatic carbocycles. The number of carbonyl (C=O) groups is 1. The van der Waals surface area contributed by atoms with Crippen molar-refractivity contribution in [1.82, 2.24) is 5.32 Å². The lowest BCUT2D eigenvalue weighted by Crippen LogP contribution is -2.35. The van der Waals surface area contributed by atoms with Gasteiger partial charge in [0.15, 0.2) is 0 Å². The van der Waals surface area contributed by atoms with Crippen LogP contribution >= 0.6 is 0 Å². The Balaban J connectivity index is 1.69. The van der Waals surface area contributed by atoms with E-state index in [4.69, 9.17) is 0 Å². The molecular formula is C17H23NO. The molecule has 19 heavy (non-hydrogen) atoms. The average molecular weight is 257 g/mol. The zero-order chi connectivity index (χ0) is 13.3. The SMILES string of the molecule is CCCC1(C(=O)CC2Cc3ccccc32)CCNC1. The topological polar surface area (TPSA) is 29.1 Å². The van der Waals surface area contributed by atoms with Crippen molar-refractivity contribution in [2.24, 2.45) is 5.41 Å². The van der Waals surface area contributed by atoms with Crippen molar-refractivity contribution < 1.29 is 4.79 Å². The summed E-state index contributed by atoms with van der Waals surface area (Å²) in [4.78, 5) is 12.7. The molecule has 1 aliphatic heterocycles. The van der Waals surface area contributed by atoms with E-state index in [0.717, 1.165) is 45.2 Å². The van der Waals surface area contributed by atoms with Crippen molar-refractivity contribution in [1.29, 1.82) is 0 Å². The lowest BCUT2D eigenvalue weighted by molar-refractivity contribution is -0.128. The summed E-state index contributed by atoms with van der Waals surface area (Å²) in [5.41, 5.74) is 2.79. The van der Waals surface area contributed by atoms with Crippen LogP contribution in [0.2, 0.25) is 0 Å². The number of benzene rings is 1. The summed E-state index contributed by atoms with van der Waals surface area (Å²) in [6.07, 6.45) is 5.03. The third-order valence-corrected chi connectivity index (χ3v) is 4.96. The van der Waals surface area contributed by atoms with Gasteiger partial charge in [0, 0.05) is 18.4 Å². The number of ketones is 1. The first-order chi connectivity index (χ1) is 9.25. The standard InChI is InChI=1S/C17H23NO/c1-2-7-17(8-9-18-12-17)16(19)11-14-10-13-5-3-4-6-15(13)14/h3-6,14,18H,2,7-12H2,1H3. The van der Waals surface area contributed by atoms with Gasteiger partial charge in [-0.1, -0.05) is 37.6 Å². The Morgan fingerprint density at radius 1 is 1.42 bits per heavy atom. The van der Waals surface area contributed by atoms with Gasteiger partial charge in [0.2, 0.25) is 0 Å². The summed E-state index contributed by atoms with van der Waals surface area (Å²) < 4.78 is 0. The number of hydrogen-bond acceptors (Lipinski definition) is 2. The third-order valence-electron chi connectivity index (χ3n) is 4.96. The van der Waals surface area contributed by atoms with Crippen molar-refractivity contribution in [3.05, 3.63) is 35.4 Å². The second kappa shape index (κ2) is 5.09. The number of carbonyl (C=O) groups excluding carboxylic acids is 1. The van der Waals surface area contributed by atoms with E-state index < -0.39 is 0 Å². The molecule has 1 aliphatic carbocycles. The Hall–Kier alpha value is -1.15. The van der Waals surface area contributed by atoms with Crippen LogP contribution in [0.15, 0.2) is 24.3 Å². The van der Waals surface area contributed by atoms with Crippen LogP contribution in [0.3, 0.4) is 0 Å². The summed E-state index contributed by atoms with van der Waals surface area (Å²) in [6.45, 7) is 4.09. The van der Waals surface area contributed by atoms with Crippen LogP contribution in [-0.4, -0.2) is 18.9 Å². The Morgan fingerprint density at radius 3 is 2.95 bits per heavy atom. The number of fused-ring (bicyclic) bond motifs is 1. The van der Waals surface area contributed by atoms with Gasteiger partial charge in [-0.15, -0.1) is 0 Å². The highest BCUT2D eigenvalue weighted by Crippen LogP contribution is 2.41. The second-order valence-corrected chi connectivity index (χ2v) is 6.18. The predicted octanol–water partition coefficient (Wildman–Crippen LogP) is 3.07. The van der Waals surface area contributed by atoms with E-state index in [-0.39, 0.29) is 5.41 Å². The highest BCUT2D eigenvalue weighted by Gasteiger charge is 2.41. The second-order valence-electron chi connectivity index (χ2n) is 6.18. The Morgan fingerprint density at radius 2 is 2.26 bits per heavy atom. The zero-order valence-electron chi connectivity index (χ0n) is 11.7. The minimum Gasteiger partial charge on any atom is -0.316 e. The molecule has 1 saturated heterocycles. The molecule has 0 bridgehead atoms. The lowest BCUT2D eigenvalue weighted by Gasteiger charge is -2.33. The molecule has 1 aromatic rings. The molecule has 102 valence electrons. The van der Waals surface area contributed by atoms with Gasteiger partial charge in [-0.3, -0.25) is 4.79 Å². The molecule has 0 spiro atoms. The first-order valence-electron chi connectivity index (χ1n) is 7.57. The van der Waals surface area contributed by atoms with E-state index >= 15 is 0 Å². The maximum Gasteiger partial charge on any atom is 0.140 e. The lowest BCUT2D eigenvalue weighted by atomic mass is 9.69. The molecule has 1 heterocycles. The van der Waals surface area contributed by atoms with Crippen molar-refractivity contribution in [2.75, 3.05) is 13.1 Å². The van der Waals surface area contributed by atoms with Gasteiger partial charge in [0.1, 0.15) is 5.78 Å². The minimum atomic E-state index is -0.0563. The quantitative estimate of drug-likeness (QED) is 0.878. The van der Waals surface area contributed by atoms with Crippen LogP contribution in [0.5, 0.6) is 0 Å². The molecule has 2 unspecified atom stereocenters. The van der Waals surface area contributed by atoms with Gasteiger partial charge in [-0.05, 0) is 42.9 Å². The maximum atomic E-state index is 12.7. The van der Waals surface area contributed by atoms with Gasteiger partial charge in [0.25, 0.3) is 0 Å². The molecule has 1 N–H and O–H groups in total. The first-order valence-corrected chi connectivity index (χ1v) is 7.57. The summed E-state index contributed by atoms with van der Waals surface area (Å²) >= 11 is 0. The van der Waals surface area contributed by atoms with E-state index in [2.05, 4.69) is 36.5 Å². The molecule has 2 aliphatic rings. The number of rotatable bonds is 5. The van der Waals surface area contributed by atoms with Gasteiger partial charge in [0.05, 0.1) is 0 Å². The van der Waals surface area contributed by atoms with E-state index in [9.17, 15) is 4.79 Å².